The molecule has 1 N–H and O–H groups in total. The predicted octanol–water partition coefficient (Wildman–Crippen LogP) is 0.622. The molecule has 0 amide bonds. The number of esters is 1. The molecule has 0 aliphatic rings. The third-order valence-corrected chi connectivity index (χ3v) is 1.91. The highest BCUT2D eigenvalue weighted by Crippen LogP contribution is 2.16. The summed E-state index contributed by atoms with van der Waals surface area (Å²) in [5, 5.41) is 9.57. The van der Waals surface area contributed by atoms with Crippen LogP contribution in [0.1, 0.15) is 18.2 Å². The van der Waals surface area contributed by atoms with Crippen LogP contribution in [0.25, 0.3) is 0 Å². The molecule has 13 heavy (non-hydrogen) atoms. The second-order valence-corrected chi connectivity index (χ2v) is 2.84. The molecule has 0 saturated heterocycles. The first-order valence-corrected chi connectivity index (χ1v) is 4.01. The van der Waals surface area contributed by atoms with Crippen LogP contribution in [0.15, 0.2) is 18.3 Å². The van der Waals surface area contributed by atoms with E-state index in [1.54, 1.807) is 10.6 Å². The second-order valence-electron chi connectivity index (χ2n) is 2.84. The molecule has 1 heterocycles. The minimum atomic E-state index is -0.785. The number of aliphatic hydroxyl groups excluding tert-OH is 1. The molecule has 0 aliphatic heterocycles. The molecule has 0 bridgehead atoms. The summed E-state index contributed by atoms with van der Waals surface area (Å²) >= 11 is 0. The van der Waals surface area contributed by atoms with Gasteiger partial charge in [0.15, 0.2) is 0 Å². The van der Waals surface area contributed by atoms with Crippen LogP contribution < -0.4 is 0 Å². The zero-order valence-corrected chi connectivity index (χ0v) is 7.73. The zero-order valence-electron chi connectivity index (χ0n) is 7.73. The van der Waals surface area contributed by atoms with E-state index in [4.69, 9.17) is 0 Å². The van der Waals surface area contributed by atoms with Crippen molar-refractivity contribution in [3.8, 4) is 0 Å². The molecule has 1 atom stereocenters. The molecule has 0 fully saturated rings. The van der Waals surface area contributed by atoms with Gasteiger partial charge < -0.3 is 14.4 Å². The zero-order chi connectivity index (χ0) is 9.84. The highest BCUT2D eigenvalue weighted by molar-refractivity contribution is 5.69. The van der Waals surface area contributed by atoms with Crippen molar-refractivity contribution in [2.75, 3.05) is 7.11 Å². The number of rotatable bonds is 3. The number of aliphatic hydroxyl groups is 1. The van der Waals surface area contributed by atoms with Gasteiger partial charge in [0.25, 0.3) is 0 Å². The summed E-state index contributed by atoms with van der Waals surface area (Å²) < 4.78 is 6.22. The topological polar surface area (TPSA) is 51.5 Å². The molecule has 0 aromatic carbocycles. The predicted molar refractivity (Wildman–Crippen MR) is 47.0 cm³/mol. The Morgan fingerprint density at radius 3 is 2.92 bits per heavy atom. The first-order chi connectivity index (χ1) is 6.15. The summed E-state index contributed by atoms with van der Waals surface area (Å²) in [7, 11) is 3.12. The minimum absolute atomic E-state index is 0.00560. The first kappa shape index (κ1) is 9.80. The molecule has 0 radical (unpaired) electrons. The SMILES string of the molecule is COC(=O)C[C@H](O)c1cccn1C. The van der Waals surface area contributed by atoms with Gasteiger partial charge >= 0.3 is 5.97 Å². The number of carbonyl (C=O) groups excluding carboxylic acids is 1. The largest absolute Gasteiger partial charge is 0.469 e. The van der Waals surface area contributed by atoms with E-state index in [1.165, 1.54) is 7.11 Å². The summed E-state index contributed by atoms with van der Waals surface area (Å²) in [6.45, 7) is 0. The van der Waals surface area contributed by atoms with E-state index < -0.39 is 12.1 Å². The number of nitrogens with zero attached hydrogens (tertiary/aromatic N) is 1. The van der Waals surface area contributed by atoms with E-state index in [9.17, 15) is 9.90 Å². The summed E-state index contributed by atoms with van der Waals surface area (Å²) in [6, 6.07) is 3.59. The highest BCUT2D eigenvalue weighted by atomic mass is 16.5. The second kappa shape index (κ2) is 4.09. The van der Waals surface area contributed by atoms with Gasteiger partial charge in [-0.2, -0.15) is 0 Å². The highest BCUT2D eigenvalue weighted by Gasteiger charge is 2.14. The number of hydrogen-bond donors (Lipinski definition) is 1. The average Bonchev–Trinajstić information content (AvgIpc) is 2.51. The molecule has 1 rings (SSSR count). The van der Waals surface area contributed by atoms with E-state index in [1.807, 2.05) is 19.3 Å². The van der Waals surface area contributed by atoms with Gasteiger partial charge in [-0.05, 0) is 12.1 Å². The lowest BCUT2D eigenvalue weighted by Crippen LogP contribution is -2.10. The van der Waals surface area contributed by atoms with Crippen molar-refractivity contribution < 1.29 is 14.6 Å². The lowest BCUT2D eigenvalue weighted by molar-refractivity contribution is -0.143. The fourth-order valence-electron chi connectivity index (χ4n) is 1.17. The van der Waals surface area contributed by atoms with Crippen LogP contribution >= 0.6 is 0 Å². The molecule has 4 nitrogen and oxygen atoms in total. The Balaban J connectivity index is 2.63. The van der Waals surface area contributed by atoms with Crippen LogP contribution in [0.3, 0.4) is 0 Å². The van der Waals surface area contributed by atoms with Gasteiger partial charge in [0, 0.05) is 18.9 Å². The standard InChI is InChI=1S/C9H13NO3/c1-10-5-3-4-7(10)8(11)6-9(12)13-2/h3-5,8,11H,6H2,1-2H3/t8-/m0/s1. The summed E-state index contributed by atoms with van der Waals surface area (Å²) in [4.78, 5) is 10.8. The molecule has 0 unspecified atom stereocenters. The van der Waals surface area contributed by atoms with E-state index in [-0.39, 0.29) is 6.42 Å². The third-order valence-electron chi connectivity index (χ3n) is 1.91. The van der Waals surface area contributed by atoms with Crippen molar-refractivity contribution in [1.82, 2.24) is 4.57 Å². The Bertz CT molecular complexity index is 293. The fraction of sp³-hybridized carbons (Fsp3) is 0.444. The number of aromatic nitrogens is 1. The maximum absolute atomic E-state index is 10.8. The molecule has 1 aromatic rings. The minimum Gasteiger partial charge on any atom is -0.469 e. The van der Waals surface area contributed by atoms with Crippen molar-refractivity contribution in [2.24, 2.45) is 7.05 Å². The molecular formula is C9H13NO3. The van der Waals surface area contributed by atoms with Gasteiger partial charge in [0.2, 0.25) is 0 Å². The number of hydrogen-bond acceptors (Lipinski definition) is 3. The number of aryl methyl sites for hydroxylation is 1. The Labute approximate surface area is 76.7 Å². The molecular weight excluding hydrogens is 170 g/mol. The number of ether oxygens (including phenoxy) is 1. The lowest BCUT2D eigenvalue weighted by atomic mass is 10.2. The van der Waals surface area contributed by atoms with E-state index >= 15 is 0 Å². The first-order valence-electron chi connectivity index (χ1n) is 4.01. The maximum Gasteiger partial charge on any atom is 0.308 e. The molecule has 1 aromatic heterocycles. The van der Waals surface area contributed by atoms with Crippen LogP contribution in [-0.4, -0.2) is 22.8 Å². The molecule has 0 aliphatic carbocycles. The average molecular weight is 183 g/mol. The molecule has 4 heteroatoms. The van der Waals surface area contributed by atoms with Crippen molar-refractivity contribution >= 4 is 5.97 Å². The lowest BCUT2D eigenvalue weighted by Gasteiger charge is -2.09. The summed E-state index contributed by atoms with van der Waals surface area (Å²) in [5.41, 5.74) is 0.713. The van der Waals surface area contributed by atoms with Crippen molar-refractivity contribution in [1.29, 1.82) is 0 Å². The van der Waals surface area contributed by atoms with Crippen molar-refractivity contribution in [3.05, 3.63) is 24.0 Å². The van der Waals surface area contributed by atoms with E-state index in [0.717, 1.165) is 0 Å². The quantitative estimate of drug-likeness (QED) is 0.699. The van der Waals surface area contributed by atoms with Crippen LogP contribution in [0.2, 0.25) is 0 Å². The third kappa shape index (κ3) is 2.32. The van der Waals surface area contributed by atoms with Gasteiger partial charge in [-0.15, -0.1) is 0 Å². The van der Waals surface area contributed by atoms with Gasteiger partial charge in [-0.25, -0.2) is 0 Å². The van der Waals surface area contributed by atoms with Crippen LogP contribution in [0, 0.1) is 0 Å². The molecule has 72 valence electrons. The number of methoxy groups -OCH3 is 1. The monoisotopic (exact) mass is 183 g/mol. The molecule has 0 saturated carbocycles. The van der Waals surface area contributed by atoms with Crippen molar-refractivity contribution in [2.45, 2.75) is 12.5 Å². The smallest absolute Gasteiger partial charge is 0.308 e. The summed E-state index contributed by atoms with van der Waals surface area (Å²) in [6.07, 6.45) is 1.02. The van der Waals surface area contributed by atoms with Crippen LogP contribution in [0.4, 0.5) is 0 Å². The van der Waals surface area contributed by atoms with Gasteiger partial charge in [-0.1, -0.05) is 0 Å². The Kier molecular flexibility index (Phi) is 3.08. The van der Waals surface area contributed by atoms with Gasteiger partial charge in [-0.3, -0.25) is 4.79 Å². The van der Waals surface area contributed by atoms with E-state index in [0.29, 0.717) is 5.69 Å². The van der Waals surface area contributed by atoms with Crippen LogP contribution in [-0.2, 0) is 16.6 Å². The maximum atomic E-state index is 10.8. The summed E-state index contributed by atoms with van der Waals surface area (Å²) in [5.74, 6) is -0.409. The fourth-order valence-corrected chi connectivity index (χ4v) is 1.17. The normalized spacial score (nSPS) is 12.5. The van der Waals surface area contributed by atoms with Crippen molar-refractivity contribution in [3.63, 3.8) is 0 Å². The van der Waals surface area contributed by atoms with Gasteiger partial charge in [0.05, 0.1) is 13.5 Å². The van der Waals surface area contributed by atoms with E-state index in [2.05, 4.69) is 4.74 Å². The Morgan fingerprint density at radius 1 is 1.77 bits per heavy atom. The van der Waals surface area contributed by atoms with Crippen LogP contribution in [0.5, 0.6) is 0 Å². The number of carbonyl (C=O) groups is 1. The molecule has 0 spiro atoms. The van der Waals surface area contributed by atoms with Gasteiger partial charge in [0.1, 0.15) is 6.10 Å². The Morgan fingerprint density at radius 2 is 2.46 bits per heavy atom. The Hall–Kier alpha value is -1.29.